The zero-order chi connectivity index (χ0) is 22.1. The molecule has 3 aromatic rings. The first-order chi connectivity index (χ1) is 15.0. The van der Waals surface area contributed by atoms with Crippen LogP contribution in [-0.2, 0) is 0 Å². The van der Waals surface area contributed by atoms with E-state index in [9.17, 15) is 9.90 Å². The number of amides is 1. The van der Waals surface area contributed by atoms with Crippen LogP contribution in [0.4, 0.5) is 0 Å². The fourth-order valence-electron chi connectivity index (χ4n) is 4.19. The molecule has 1 aliphatic rings. The van der Waals surface area contributed by atoms with Crippen LogP contribution in [0.2, 0.25) is 0 Å². The van der Waals surface area contributed by atoms with Gasteiger partial charge in [0.15, 0.2) is 11.5 Å². The van der Waals surface area contributed by atoms with Gasteiger partial charge in [-0.05, 0) is 50.1 Å². The molecule has 1 amide bonds. The number of carbonyl (C=O) groups is 1. The van der Waals surface area contributed by atoms with Gasteiger partial charge in [-0.2, -0.15) is 5.10 Å². The van der Waals surface area contributed by atoms with Crippen molar-refractivity contribution in [2.45, 2.75) is 33.2 Å². The highest BCUT2D eigenvalue weighted by Crippen LogP contribution is 2.46. The SMILES string of the molecule is CCCN1C(=O)c2[nH]nc(-c3cc(C)ccc3O)c2[C@@H]1c1ccc(OCC)c(OC)c1. The Kier molecular flexibility index (Phi) is 5.59. The van der Waals surface area contributed by atoms with E-state index < -0.39 is 0 Å². The summed E-state index contributed by atoms with van der Waals surface area (Å²) in [5.74, 6) is 1.30. The smallest absolute Gasteiger partial charge is 0.273 e. The Morgan fingerprint density at radius 2 is 1.97 bits per heavy atom. The van der Waals surface area contributed by atoms with Crippen LogP contribution in [0.15, 0.2) is 36.4 Å². The van der Waals surface area contributed by atoms with E-state index in [4.69, 9.17) is 9.47 Å². The molecule has 7 nitrogen and oxygen atoms in total. The lowest BCUT2D eigenvalue weighted by Crippen LogP contribution is -2.30. The lowest BCUT2D eigenvalue weighted by Gasteiger charge is -2.26. The fourth-order valence-corrected chi connectivity index (χ4v) is 4.19. The second-order valence-electron chi connectivity index (χ2n) is 7.63. The molecule has 0 bridgehead atoms. The molecule has 0 fully saturated rings. The van der Waals surface area contributed by atoms with E-state index in [1.165, 1.54) is 0 Å². The summed E-state index contributed by atoms with van der Waals surface area (Å²) >= 11 is 0. The predicted molar refractivity (Wildman–Crippen MR) is 118 cm³/mol. The number of ether oxygens (including phenoxy) is 2. The van der Waals surface area contributed by atoms with Crippen molar-refractivity contribution in [2.75, 3.05) is 20.3 Å². The lowest BCUT2D eigenvalue weighted by molar-refractivity contribution is 0.0743. The number of hydrogen-bond acceptors (Lipinski definition) is 5. The maximum atomic E-state index is 13.2. The Balaban J connectivity index is 1.90. The minimum absolute atomic E-state index is 0.0967. The van der Waals surface area contributed by atoms with Crippen molar-refractivity contribution < 1.29 is 19.4 Å². The number of aromatic hydroxyl groups is 1. The van der Waals surface area contributed by atoms with Gasteiger partial charge in [-0.15, -0.1) is 0 Å². The molecule has 7 heteroatoms. The van der Waals surface area contributed by atoms with Crippen LogP contribution < -0.4 is 9.47 Å². The van der Waals surface area contributed by atoms with Crippen LogP contribution in [0.5, 0.6) is 17.2 Å². The minimum atomic E-state index is -0.347. The largest absolute Gasteiger partial charge is 0.507 e. The molecule has 1 atom stereocenters. The number of nitrogens with zero attached hydrogens (tertiary/aromatic N) is 2. The number of phenols is 1. The quantitative estimate of drug-likeness (QED) is 0.588. The van der Waals surface area contributed by atoms with Gasteiger partial charge in [0.1, 0.15) is 17.1 Å². The second kappa shape index (κ2) is 8.34. The summed E-state index contributed by atoms with van der Waals surface area (Å²) in [5, 5.41) is 17.9. The molecule has 162 valence electrons. The van der Waals surface area contributed by atoms with Crippen molar-refractivity contribution in [3.05, 3.63) is 58.8 Å². The van der Waals surface area contributed by atoms with Gasteiger partial charge in [0.25, 0.3) is 5.91 Å². The molecule has 0 saturated heterocycles. The van der Waals surface area contributed by atoms with Gasteiger partial charge in [0.2, 0.25) is 0 Å². The first kappa shape index (κ1) is 20.8. The normalized spacial score (nSPS) is 15.3. The first-order valence-corrected chi connectivity index (χ1v) is 10.5. The Morgan fingerprint density at radius 3 is 2.68 bits per heavy atom. The number of methoxy groups -OCH3 is 1. The highest BCUT2D eigenvalue weighted by atomic mass is 16.5. The van der Waals surface area contributed by atoms with Crippen molar-refractivity contribution in [3.63, 3.8) is 0 Å². The average Bonchev–Trinajstić information content (AvgIpc) is 3.30. The number of carbonyl (C=O) groups excluding carboxylic acids is 1. The third-order valence-electron chi connectivity index (χ3n) is 5.54. The van der Waals surface area contributed by atoms with E-state index in [1.54, 1.807) is 13.2 Å². The summed E-state index contributed by atoms with van der Waals surface area (Å²) in [5.41, 5.74) is 4.31. The molecule has 1 aliphatic heterocycles. The molecule has 4 rings (SSSR count). The molecule has 31 heavy (non-hydrogen) atoms. The number of aromatic amines is 1. The molecule has 2 N–H and O–H groups in total. The topological polar surface area (TPSA) is 87.7 Å². The Bertz CT molecular complexity index is 1120. The van der Waals surface area contributed by atoms with Crippen LogP contribution in [0.25, 0.3) is 11.3 Å². The van der Waals surface area contributed by atoms with Gasteiger partial charge >= 0.3 is 0 Å². The number of rotatable bonds is 7. The summed E-state index contributed by atoms with van der Waals surface area (Å²) in [7, 11) is 1.60. The molecule has 0 unspecified atom stereocenters. The number of nitrogens with one attached hydrogen (secondary N) is 1. The molecule has 1 aromatic heterocycles. The van der Waals surface area contributed by atoms with Gasteiger partial charge in [0.05, 0.1) is 19.8 Å². The predicted octanol–water partition coefficient (Wildman–Crippen LogP) is 4.45. The van der Waals surface area contributed by atoms with E-state index in [0.717, 1.165) is 23.1 Å². The first-order valence-electron chi connectivity index (χ1n) is 10.5. The van der Waals surface area contributed by atoms with E-state index in [0.29, 0.717) is 41.6 Å². The van der Waals surface area contributed by atoms with Crippen molar-refractivity contribution in [1.82, 2.24) is 15.1 Å². The number of fused-ring (bicyclic) bond motifs is 1. The zero-order valence-electron chi connectivity index (χ0n) is 18.2. The van der Waals surface area contributed by atoms with Crippen LogP contribution in [0.1, 0.15) is 53.5 Å². The summed E-state index contributed by atoms with van der Waals surface area (Å²) in [6, 6.07) is 10.8. The lowest BCUT2D eigenvalue weighted by atomic mass is 9.94. The number of benzene rings is 2. The maximum Gasteiger partial charge on any atom is 0.273 e. The summed E-state index contributed by atoms with van der Waals surface area (Å²) in [4.78, 5) is 15.1. The highest BCUT2D eigenvalue weighted by Gasteiger charge is 2.42. The second-order valence-corrected chi connectivity index (χ2v) is 7.63. The summed E-state index contributed by atoms with van der Waals surface area (Å²) < 4.78 is 11.2. The van der Waals surface area contributed by atoms with Crippen molar-refractivity contribution in [2.24, 2.45) is 0 Å². The Morgan fingerprint density at radius 1 is 1.16 bits per heavy atom. The van der Waals surface area contributed by atoms with Crippen LogP contribution in [-0.4, -0.2) is 46.4 Å². The Labute approximate surface area is 181 Å². The summed E-state index contributed by atoms with van der Waals surface area (Å²) in [6.07, 6.45) is 0.819. The number of phenolic OH excluding ortho intramolecular Hbond substituents is 1. The molecule has 0 spiro atoms. The summed E-state index contributed by atoms with van der Waals surface area (Å²) in [6.45, 7) is 7.05. The van der Waals surface area contributed by atoms with E-state index >= 15 is 0 Å². The van der Waals surface area contributed by atoms with E-state index in [-0.39, 0.29) is 17.7 Å². The molecule has 2 aromatic carbocycles. The minimum Gasteiger partial charge on any atom is -0.507 e. The number of aromatic nitrogens is 2. The monoisotopic (exact) mass is 421 g/mol. The fraction of sp³-hybridized carbons (Fsp3) is 0.333. The molecular weight excluding hydrogens is 394 g/mol. The van der Waals surface area contributed by atoms with Crippen LogP contribution >= 0.6 is 0 Å². The van der Waals surface area contributed by atoms with Crippen molar-refractivity contribution in [1.29, 1.82) is 0 Å². The van der Waals surface area contributed by atoms with Gasteiger partial charge < -0.3 is 19.5 Å². The average molecular weight is 421 g/mol. The standard InChI is InChI=1S/C24H27N3O4/c1-5-11-27-23(15-8-10-18(31-6-2)19(13-15)30-4)20-21(25-26-22(20)24(27)29)16-12-14(3)7-9-17(16)28/h7-10,12-13,23,28H,5-6,11H2,1-4H3,(H,25,26)/t23-/m0/s1. The van der Waals surface area contributed by atoms with Gasteiger partial charge in [-0.3, -0.25) is 9.89 Å². The molecule has 2 heterocycles. The van der Waals surface area contributed by atoms with Crippen molar-refractivity contribution >= 4 is 5.91 Å². The highest BCUT2D eigenvalue weighted by molar-refractivity contribution is 6.00. The number of H-pyrrole nitrogens is 1. The molecule has 0 radical (unpaired) electrons. The number of hydrogen-bond donors (Lipinski definition) is 2. The van der Waals surface area contributed by atoms with Crippen molar-refractivity contribution in [3.8, 4) is 28.5 Å². The van der Waals surface area contributed by atoms with Gasteiger partial charge in [-0.1, -0.05) is 24.6 Å². The van der Waals surface area contributed by atoms with Crippen LogP contribution in [0, 0.1) is 6.92 Å². The van der Waals surface area contributed by atoms with Gasteiger partial charge in [-0.25, -0.2) is 0 Å². The Hall–Kier alpha value is -3.48. The molecule has 0 saturated carbocycles. The van der Waals surface area contributed by atoms with Crippen LogP contribution in [0.3, 0.4) is 0 Å². The third kappa shape index (κ3) is 3.50. The number of aryl methyl sites for hydroxylation is 1. The van der Waals surface area contributed by atoms with E-state index in [1.807, 2.05) is 56.0 Å². The van der Waals surface area contributed by atoms with E-state index in [2.05, 4.69) is 10.2 Å². The third-order valence-corrected chi connectivity index (χ3v) is 5.54. The molecular formula is C24H27N3O4. The van der Waals surface area contributed by atoms with Gasteiger partial charge in [0, 0.05) is 17.7 Å². The molecule has 0 aliphatic carbocycles. The zero-order valence-corrected chi connectivity index (χ0v) is 18.2. The maximum absolute atomic E-state index is 13.2.